The monoisotopic (exact) mass is 245 g/mol. The zero-order chi connectivity index (χ0) is 13.0. The average molecular weight is 245 g/mol. The molecule has 1 radical (unpaired) electrons. The molecule has 1 aromatic carbocycles. The summed E-state index contributed by atoms with van der Waals surface area (Å²) in [5.41, 5.74) is 0. The normalized spacial score (nSPS) is 28.3. The Morgan fingerprint density at radius 3 is 2.56 bits per heavy atom. The lowest BCUT2D eigenvalue weighted by atomic mass is 9.70. The predicted molar refractivity (Wildman–Crippen MR) is 76.2 cm³/mol. The maximum absolute atomic E-state index is 5.85. The SMILES string of the molecule is CC1CCC(C(C)C)C([CH]Oc2ccccc2)C1. The molecule has 1 aromatic rings. The van der Waals surface area contributed by atoms with Crippen molar-refractivity contribution in [2.24, 2.45) is 23.7 Å². The summed E-state index contributed by atoms with van der Waals surface area (Å²) in [6.45, 7) is 9.13. The van der Waals surface area contributed by atoms with Crippen LogP contribution < -0.4 is 4.74 Å². The number of hydrogen-bond acceptors (Lipinski definition) is 1. The van der Waals surface area contributed by atoms with Gasteiger partial charge in [-0.3, -0.25) is 0 Å². The molecule has 3 atom stereocenters. The maximum atomic E-state index is 5.85. The number of para-hydroxylation sites is 1. The van der Waals surface area contributed by atoms with Crippen molar-refractivity contribution >= 4 is 0 Å². The average Bonchev–Trinajstić information content (AvgIpc) is 2.37. The second-order valence-corrected chi connectivity index (χ2v) is 6.06. The fourth-order valence-electron chi connectivity index (χ4n) is 3.10. The van der Waals surface area contributed by atoms with E-state index < -0.39 is 0 Å². The maximum Gasteiger partial charge on any atom is 0.139 e. The number of rotatable bonds is 4. The van der Waals surface area contributed by atoms with Gasteiger partial charge in [0.05, 0.1) is 0 Å². The Bertz CT molecular complexity index is 344. The van der Waals surface area contributed by atoms with Crippen LogP contribution in [0, 0.1) is 30.3 Å². The van der Waals surface area contributed by atoms with Crippen molar-refractivity contribution in [3.8, 4) is 5.75 Å². The summed E-state index contributed by atoms with van der Waals surface area (Å²) < 4.78 is 5.85. The number of ether oxygens (including phenoxy) is 1. The Hall–Kier alpha value is -0.980. The molecule has 3 unspecified atom stereocenters. The molecule has 0 aromatic heterocycles. The Morgan fingerprint density at radius 1 is 1.17 bits per heavy atom. The highest BCUT2D eigenvalue weighted by atomic mass is 16.5. The van der Waals surface area contributed by atoms with E-state index in [0.717, 1.165) is 23.5 Å². The van der Waals surface area contributed by atoms with Crippen LogP contribution in [0.25, 0.3) is 0 Å². The molecule has 1 aliphatic rings. The van der Waals surface area contributed by atoms with Crippen LogP contribution in [0.1, 0.15) is 40.0 Å². The number of hydrogen-bond donors (Lipinski definition) is 0. The summed E-state index contributed by atoms with van der Waals surface area (Å²) in [6, 6.07) is 10.1. The minimum Gasteiger partial charge on any atom is -0.486 e. The van der Waals surface area contributed by atoms with E-state index in [9.17, 15) is 0 Å². The molecule has 1 heteroatoms. The fourth-order valence-corrected chi connectivity index (χ4v) is 3.10. The van der Waals surface area contributed by atoms with Gasteiger partial charge in [0, 0.05) is 5.92 Å². The standard InChI is InChI=1S/C17H25O/c1-13(2)17-10-9-14(3)11-15(17)12-18-16-7-5-4-6-8-16/h4-8,12-15,17H,9-11H2,1-3H3. The quantitative estimate of drug-likeness (QED) is 0.730. The van der Waals surface area contributed by atoms with Crippen molar-refractivity contribution in [1.82, 2.24) is 0 Å². The van der Waals surface area contributed by atoms with Gasteiger partial charge in [-0.2, -0.15) is 0 Å². The van der Waals surface area contributed by atoms with Gasteiger partial charge in [-0.25, -0.2) is 0 Å². The molecule has 18 heavy (non-hydrogen) atoms. The van der Waals surface area contributed by atoms with Crippen LogP contribution in [0.2, 0.25) is 0 Å². The highest BCUT2D eigenvalue weighted by Gasteiger charge is 2.31. The molecular weight excluding hydrogens is 220 g/mol. The predicted octanol–water partition coefficient (Wildman–Crippen LogP) is 4.94. The first-order chi connectivity index (χ1) is 8.66. The van der Waals surface area contributed by atoms with Crippen LogP contribution >= 0.6 is 0 Å². The largest absolute Gasteiger partial charge is 0.486 e. The summed E-state index contributed by atoms with van der Waals surface area (Å²) in [5, 5.41) is 0. The van der Waals surface area contributed by atoms with Crippen molar-refractivity contribution in [3.63, 3.8) is 0 Å². The summed E-state index contributed by atoms with van der Waals surface area (Å²) in [6.07, 6.45) is 3.99. The third-order valence-corrected chi connectivity index (χ3v) is 4.20. The number of benzene rings is 1. The van der Waals surface area contributed by atoms with E-state index in [1.165, 1.54) is 19.3 Å². The first kappa shape index (κ1) is 13.5. The van der Waals surface area contributed by atoms with Gasteiger partial charge in [0.2, 0.25) is 0 Å². The minimum absolute atomic E-state index is 0.606. The highest BCUT2D eigenvalue weighted by Crippen LogP contribution is 2.39. The van der Waals surface area contributed by atoms with E-state index in [1.807, 2.05) is 30.3 Å². The van der Waals surface area contributed by atoms with Crippen LogP contribution in [0.3, 0.4) is 0 Å². The molecule has 0 saturated heterocycles. The van der Waals surface area contributed by atoms with Crippen molar-refractivity contribution in [3.05, 3.63) is 36.9 Å². The van der Waals surface area contributed by atoms with E-state index >= 15 is 0 Å². The van der Waals surface area contributed by atoms with E-state index in [-0.39, 0.29) is 0 Å². The lowest BCUT2D eigenvalue weighted by Crippen LogP contribution is -2.29. The molecule has 1 fully saturated rings. The van der Waals surface area contributed by atoms with E-state index in [0.29, 0.717) is 5.92 Å². The van der Waals surface area contributed by atoms with Gasteiger partial charge >= 0.3 is 0 Å². The second kappa shape index (κ2) is 6.26. The highest BCUT2D eigenvalue weighted by molar-refractivity contribution is 5.21. The first-order valence-electron chi connectivity index (χ1n) is 7.22. The smallest absolute Gasteiger partial charge is 0.139 e. The molecule has 99 valence electrons. The van der Waals surface area contributed by atoms with Gasteiger partial charge in [0.15, 0.2) is 0 Å². The molecule has 0 amide bonds. The topological polar surface area (TPSA) is 9.23 Å². The van der Waals surface area contributed by atoms with Crippen molar-refractivity contribution < 1.29 is 4.74 Å². The van der Waals surface area contributed by atoms with Gasteiger partial charge in [0.25, 0.3) is 0 Å². The molecule has 0 bridgehead atoms. The Morgan fingerprint density at radius 2 is 1.89 bits per heavy atom. The zero-order valence-corrected chi connectivity index (χ0v) is 11.8. The van der Waals surface area contributed by atoms with E-state index in [4.69, 9.17) is 4.74 Å². The Labute approximate surface area is 112 Å². The van der Waals surface area contributed by atoms with Crippen molar-refractivity contribution in [2.45, 2.75) is 40.0 Å². The van der Waals surface area contributed by atoms with Crippen LogP contribution in [-0.2, 0) is 0 Å². The summed E-state index contributed by atoms with van der Waals surface area (Å²) in [4.78, 5) is 0. The Balaban J connectivity index is 1.92. The van der Waals surface area contributed by atoms with Crippen molar-refractivity contribution in [2.75, 3.05) is 0 Å². The van der Waals surface area contributed by atoms with E-state index in [1.54, 1.807) is 0 Å². The molecular formula is C17H25O. The molecule has 1 nitrogen and oxygen atoms in total. The third kappa shape index (κ3) is 3.51. The van der Waals surface area contributed by atoms with Crippen LogP contribution in [0.15, 0.2) is 30.3 Å². The summed E-state index contributed by atoms with van der Waals surface area (Å²) in [7, 11) is 0. The van der Waals surface area contributed by atoms with Crippen LogP contribution in [0.5, 0.6) is 5.75 Å². The summed E-state index contributed by atoms with van der Waals surface area (Å²) in [5.74, 6) is 3.93. The minimum atomic E-state index is 0.606. The molecule has 0 heterocycles. The first-order valence-corrected chi connectivity index (χ1v) is 7.22. The molecule has 0 N–H and O–H groups in total. The van der Waals surface area contributed by atoms with Gasteiger partial charge in [-0.15, -0.1) is 0 Å². The summed E-state index contributed by atoms with van der Waals surface area (Å²) >= 11 is 0. The zero-order valence-electron chi connectivity index (χ0n) is 11.8. The van der Waals surface area contributed by atoms with Crippen LogP contribution in [0.4, 0.5) is 0 Å². The van der Waals surface area contributed by atoms with Gasteiger partial charge in [0.1, 0.15) is 12.4 Å². The lowest BCUT2D eigenvalue weighted by molar-refractivity contribution is 0.130. The van der Waals surface area contributed by atoms with Gasteiger partial charge < -0.3 is 4.74 Å². The molecule has 2 rings (SSSR count). The van der Waals surface area contributed by atoms with Crippen LogP contribution in [-0.4, -0.2) is 0 Å². The second-order valence-electron chi connectivity index (χ2n) is 6.06. The lowest BCUT2D eigenvalue weighted by Gasteiger charge is -2.36. The van der Waals surface area contributed by atoms with Crippen molar-refractivity contribution in [1.29, 1.82) is 0 Å². The fraction of sp³-hybridized carbons (Fsp3) is 0.588. The third-order valence-electron chi connectivity index (χ3n) is 4.20. The molecule has 0 spiro atoms. The Kier molecular flexibility index (Phi) is 4.68. The molecule has 1 saturated carbocycles. The van der Waals surface area contributed by atoms with E-state index in [2.05, 4.69) is 27.4 Å². The van der Waals surface area contributed by atoms with Gasteiger partial charge in [-0.1, -0.05) is 45.4 Å². The van der Waals surface area contributed by atoms with Gasteiger partial charge in [-0.05, 0) is 42.7 Å². The molecule has 1 aliphatic carbocycles. The molecule has 0 aliphatic heterocycles.